The third-order valence-corrected chi connectivity index (χ3v) is 2.78. The van der Waals surface area contributed by atoms with Crippen LogP contribution >= 0.6 is 0 Å². The van der Waals surface area contributed by atoms with Crippen molar-refractivity contribution in [3.05, 3.63) is 0 Å². The highest BCUT2D eigenvalue weighted by atomic mass is 16.5. The number of rotatable bonds is 9. The van der Waals surface area contributed by atoms with E-state index in [1.165, 1.54) is 0 Å². The van der Waals surface area contributed by atoms with Crippen LogP contribution in [-0.4, -0.2) is 50.8 Å². The zero-order valence-corrected chi connectivity index (χ0v) is 11.0. The molecule has 0 saturated heterocycles. The Hall–Kier alpha value is -0.120. The van der Waals surface area contributed by atoms with Crippen molar-refractivity contribution in [3.8, 4) is 0 Å². The Balaban J connectivity index is 3.34. The molecule has 0 heterocycles. The Kier molecular flexibility index (Phi) is 9.06. The molecule has 3 heteroatoms. The van der Waals surface area contributed by atoms with Gasteiger partial charge in [0.2, 0.25) is 0 Å². The van der Waals surface area contributed by atoms with E-state index in [0.29, 0.717) is 12.0 Å². The van der Waals surface area contributed by atoms with Crippen LogP contribution in [0.15, 0.2) is 0 Å². The van der Waals surface area contributed by atoms with E-state index in [9.17, 15) is 0 Å². The molecule has 0 aromatic heterocycles. The molecule has 0 rings (SSSR count). The SMILES string of the molecule is CCOCCN(C)CCNC(C)C(C)C. The lowest BCUT2D eigenvalue weighted by Crippen LogP contribution is -2.37. The molecule has 15 heavy (non-hydrogen) atoms. The average Bonchev–Trinajstić information content (AvgIpc) is 2.18. The summed E-state index contributed by atoms with van der Waals surface area (Å²) < 4.78 is 5.31. The van der Waals surface area contributed by atoms with Crippen LogP contribution in [0.4, 0.5) is 0 Å². The van der Waals surface area contributed by atoms with Gasteiger partial charge in [0.1, 0.15) is 0 Å². The largest absolute Gasteiger partial charge is 0.380 e. The van der Waals surface area contributed by atoms with Crippen LogP contribution < -0.4 is 5.32 Å². The fraction of sp³-hybridized carbons (Fsp3) is 1.00. The second-order valence-corrected chi connectivity index (χ2v) is 4.49. The topological polar surface area (TPSA) is 24.5 Å². The number of nitrogens with zero attached hydrogens (tertiary/aromatic N) is 1. The van der Waals surface area contributed by atoms with Crippen molar-refractivity contribution in [3.63, 3.8) is 0 Å². The van der Waals surface area contributed by atoms with Gasteiger partial charge in [-0.3, -0.25) is 0 Å². The highest BCUT2D eigenvalue weighted by molar-refractivity contribution is 4.65. The predicted molar refractivity (Wildman–Crippen MR) is 66.3 cm³/mol. The van der Waals surface area contributed by atoms with E-state index in [4.69, 9.17) is 4.74 Å². The van der Waals surface area contributed by atoms with Crippen LogP contribution in [0.3, 0.4) is 0 Å². The fourth-order valence-corrected chi connectivity index (χ4v) is 1.20. The van der Waals surface area contributed by atoms with Crippen LogP contribution in [-0.2, 0) is 4.74 Å². The highest BCUT2D eigenvalue weighted by Crippen LogP contribution is 1.98. The van der Waals surface area contributed by atoms with E-state index >= 15 is 0 Å². The molecule has 0 aliphatic heterocycles. The van der Waals surface area contributed by atoms with Crippen LogP contribution in [0.1, 0.15) is 27.7 Å². The van der Waals surface area contributed by atoms with Crippen LogP contribution in [0, 0.1) is 5.92 Å². The molecule has 0 spiro atoms. The van der Waals surface area contributed by atoms with Crippen molar-refractivity contribution >= 4 is 0 Å². The van der Waals surface area contributed by atoms with Gasteiger partial charge >= 0.3 is 0 Å². The minimum absolute atomic E-state index is 0.602. The van der Waals surface area contributed by atoms with Gasteiger partial charge < -0.3 is 15.0 Å². The highest BCUT2D eigenvalue weighted by Gasteiger charge is 2.05. The molecule has 1 unspecified atom stereocenters. The smallest absolute Gasteiger partial charge is 0.0593 e. The molecule has 0 radical (unpaired) electrons. The Morgan fingerprint density at radius 2 is 1.87 bits per heavy atom. The second-order valence-electron chi connectivity index (χ2n) is 4.49. The lowest BCUT2D eigenvalue weighted by Gasteiger charge is -2.21. The number of ether oxygens (including phenoxy) is 1. The maximum atomic E-state index is 5.31. The minimum Gasteiger partial charge on any atom is -0.380 e. The summed E-state index contributed by atoms with van der Waals surface area (Å²) in [5.74, 6) is 0.707. The summed E-state index contributed by atoms with van der Waals surface area (Å²) in [4.78, 5) is 2.30. The van der Waals surface area contributed by atoms with E-state index in [-0.39, 0.29) is 0 Å². The normalized spacial score (nSPS) is 13.8. The summed E-state index contributed by atoms with van der Waals surface area (Å²) in [5, 5.41) is 3.52. The number of hydrogen-bond acceptors (Lipinski definition) is 3. The first-order valence-electron chi connectivity index (χ1n) is 6.07. The standard InChI is InChI=1S/C12H28N2O/c1-6-15-10-9-14(5)8-7-13-12(4)11(2)3/h11-13H,6-10H2,1-5H3. The molecule has 1 atom stereocenters. The molecular formula is C12H28N2O. The molecular weight excluding hydrogens is 188 g/mol. The van der Waals surface area contributed by atoms with Crippen LogP contribution in [0.2, 0.25) is 0 Å². The van der Waals surface area contributed by atoms with Gasteiger partial charge in [-0.05, 0) is 26.8 Å². The van der Waals surface area contributed by atoms with Crippen molar-refractivity contribution in [2.24, 2.45) is 5.92 Å². The third kappa shape index (κ3) is 8.85. The lowest BCUT2D eigenvalue weighted by molar-refractivity contribution is 0.122. The van der Waals surface area contributed by atoms with Gasteiger partial charge in [0.25, 0.3) is 0 Å². The first-order chi connectivity index (χ1) is 7.07. The second kappa shape index (κ2) is 9.13. The maximum Gasteiger partial charge on any atom is 0.0593 e. The number of hydrogen-bond donors (Lipinski definition) is 1. The van der Waals surface area contributed by atoms with Crippen molar-refractivity contribution in [2.75, 3.05) is 39.9 Å². The average molecular weight is 216 g/mol. The molecule has 0 amide bonds. The maximum absolute atomic E-state index is 5.31. The molecule has 0 saturated carbocycles. The van der Waals surface area contributed by atoms with E-state index in [0.717, 1.165) is 32.8 Å². The van der Waals surface area contributed by atoms with E-state index in [1.54, 1.807) is 0 Å². The Morgan fingerprint density at radius 1 is 1.20 bits per heavy atom. The van der Waals surface area contributed by atoms with Crippen molar-refractivity contribution in [1.29, 1.82) is 0 Å². The molecule has 0 aromatic carbocycles. The van der Waals surface area contributed by atoms with Crippen molar-refractivity contribution < 1.29 is 4.74 Å². The monoisotopic (exact) mass is 216 g/mol. The van der Waals surface area contributed by atoms with Crippen molar-refractivity contribution in [1.82, 2.24) is 10.2 Å². The van der Waals surface area contributed by atoms with Gasteiger partial charge in [-0.25, -0.2) is 0 Å². The first kappa shape index (κ1) is 14.9. The van der Waals surface area contributed by atoms with Gasteiger partial charge in [0, 0.05) is 32.3 Å². The molecule has 0 fully saturated rings. The molecule has 1 N–H and O–H groups in total. The molecule has 0 aliphatic carbocycles. The zero-order valence-electron chi connectivity index (χ0n) is 11.0. The van der Waals surface area contributed by atoms with Gasteiger partial charge in [-0.15, -0.1) is 0 Å². The molecule has 0 aromatic rings. The Labute approximate surface area is 95.2 Å². The minimum atomic E-state index is 0.602. The van der Waals surface area contributed by atoms with Gasteiger partial charge in [0.05, 0.1) is 6.61 Å². The summed E-state index contributed by atoms with van der Waals surface area (Å²) >= 11 is 0. The molecule has 92 valence electrons. The van der Waals surface area contributed by atoms with E-state index < -0.39 is 0 Å². The molecule has 0 aliphatic rings. The Bertz CT molecular complexity index is 140. The van der Waals surface area contributed by atoms with E-state index in [1.807, 2.05) is 6.92 Å². The fourth-order valence-electron chi connectivity index (χ4n) is 1.20. The third-order valence-electron chi connectivity index (χ3n) is 2.78. The number of likely N-dealkylation sites (N-methyl/N-ethyl adjacent to an activating group) is 1. The van der Waals surface area contributed by atoms with Gasteiger partial charge in [0.15, 0.2) is 0 Å². The predicted octanol–water partition coefficient (Wildman–Crippen LogP) is 1.59. The number of nitrogens with one attached hydrogen (secondary N) is 1. The van der Waals surface area contributed by atoms with Crippen LogP contribution in [0.5, 0.6) is 0 Å². The molecule has 3 nitrogen and oxygen atoms in total. The quantitative estimate of drug-likeness (QED) is 0.592. The van der Waals surface area contributed by atoms with Crippen molar-refractivity contribution in [2.45, 2.75) is 33.7 Å². The summed E-state index contributed by atoms with van der Waals surface area (Å²) in [7, 11) is 2.14. The molecule has 0 bridgehead atoms. The first-order valence-corrected chi connectivity index (χ1v) is 6.07. The summed E-state index contributed by atoms with van der Waals surface area (Å²) in [6.45, 7) is 13.6. The zero-order chi connectivity index (χ0) is 11.7. The summed E-state index contributed by atoms with van der Waals surface area (Å²) in [5.41, 5.74) is 0. The lowest BCUT2D eigenvalue weighted by atomic mass is 10.1. The Morgan fingerprint density at radius 3 is 2.40 bits per heavy atom. The van der Waals surface area contributed by atoms with Gasteiger partial charge in [-0.2, -0.15) is 0 Å². The van der Waals surface area contributed by atoms with Gasteiger partial charge in [-0.1, -0.05) is 13.8 Å². The summed E-state index contributed by atoms with van der Waals surface area (Å²) in [6, 6.07) is 0.602. The van der Waals surface area contributed by atoms with E-state index in [2.05, 4.69) is 38.0 Å². The van der Waals surface area contributed by atoms with Crippen LogP contribution in [0.25, 0.3) is 0 Å². The summed E-state index contributed by atoms with van der Waals surface area (Å²) in [6.07, 6.45) is 0.